The Kier molecular flexibility index (Phi) is 4.57. The minimum Gasteiger partial charge on any atom is -0.382 e. The van der Waals surface area contributed by atoms with Crippen LogP contribution in [0.1, 0.15) is 44.3 Å². The SMILES string of the molecule is CC(=O)NCC1CCC(c2nc(-c3cc4cccnc4[nH]3)c3c(N)ncnn23)CC1. The number of amides is 1. The van der Waals surface area contributed by atoms with Crippen molar-refractivity contribution in [3.05, 3.63) is 36.5 Å². The molecule has 0 aliphatic heterocycles. The lowest BCUT2D eigenvalue weighted by atomic mass is 9.81. The fourth-order valence-electron chi connectivity index (χ4n) is 4.43. The molecule has 4 N–H and O–H groups in total. The van der Waals surface area contributed by atoms with Gasteiger partial charge in [-0.3, -0.25) is 4.79 Å². The summed E-state index contributed by atoms with van der Waals surface area (Å²) in [4.78, 5) is 28.1. The van der Waals surface area contributed by atoms with Crippen LogP contribution >= 0.6 is 0 Å². The molecule has 30 heavy (non-hydrogen) atoms. The predicted octanol–water partition coefficient (Wildman–Crippen LogP) is 2.66. The molecule has 0 spiro atoms. The minimum absolute atomic E-state index is 0.0287. The summed E-state index contributed by atoms with van der Waals surface area (Å²) in [6.07, 6.45) is 7.34. The number of pyridine rings is 1. The van der Waals surface area contributed by atoms with Gasteiger partial charge >= 0.3 is 0 Å². The number of rotatable bonds is 4. The van der Waals surface area contributed by atoms with E-state index in [4.69, 9.17) is 10.7 Å². The Morgan fingerprint density at radius 3 is 2.90 bits per heavy atom. The molecule has 1 aliphatic carbocycles. The van der Waals surface area contributed by atoms with Gasteiger partial charge in [-0.05, 0) is 49.8 Å². The van der Waals surface area contributed by atoms with Crippen molar-refractivity contribution >= 4 is 28.3 Å². The summed E-state index contributed by atoms with van der Waals surface area (Å²) >= 11 is 0. The maximum absolute atomic E-state index is 11.2. The Hall–Kier alpha value is -3.49. The summed E-state index contributed by atoms with van der Waals surface area (Å²) in [5.41, 5.74) is 9.38. The summed E-state index contributed by atoms with van der Waals surface area (Å²) in [5, 5.41) is 8.43. The van der Waals surface area contributed by atoms with Crippen LogP contribution in [0.3, 0.4) is 0 Å². The number of carbonyl (C=O) groups is 1. The number of H-pyrrole nitrogens is 1. The number of nitrogens with two attached hydrogens (primary N) is 1. The topological polar surface area (TPSA) is 127 Å². The van der Waals surface area contributed by atoms with Crippen molar-refractivity contribution in [2.24, 2.45) is 5.92 Å². The lowest BCUT2D eigenvalue weighted by molar-refractivity contribution is -0.119. The van der Waals surface area contributed by atoms with Gasteiger partial charge in [-0.15, -0.1) is 0 Å². The highest BCUT2D eigenvalue weighted by Gasteiger charge is 2.28. The molecule has 0 aromatic carbocycles. The van der Waals surface area contributed by atoms with Crippen LogP contribution in [0.4, 0.5) is 5.82 Å². The lowest BCUT2D eigenvalue weighted by Gasteiger charge is -2.27. The number of hydrogen-bond donors (Lipinski definition) is 3. The smallest absolute Gasteiger partial charge is 0.216 e. The highest BCUT2D eigenvalue weighted by atomic mass is 16.1. The molecule has 1 aliphatic rings. The predicted molar refractivity (Wildman–Crippen MR) is 114 cm³/mol. The van der Waals surface area contributed by atoms with E-state index < -0.39 is 0 Å². The first-order chi connectivity index (χ1) is 14.6. The van der Waals surface area contributed by atoms with Gasteiger partial charge < -0.3 is 16.0 Å². The van der Waals surface area contributed by atoms with Crippen LogP contribution in [0.15, 0.2) is 30.7 Å². The van der Waals surface area contributed by atoms with Crippen LogP contribution in [0, 0.1) is 5.92 Å². The van der Waals surface area contributed by atoms with Crippen molar-refractivity contribution < 1.29 is 4.79 Å². The van der Waals surface area contributed by atoms with Crippen molar-refractivity contribution in [1.29, 1.82) is 0 Å². The van der Waals surface area contributed by atoms with Crippen molar-refractivity contribution in [1.82, 2.24) is 34.9 Å². The summed E-state index contributed by atoms with van der Waals surface area (Å²) < 4.78 is 1.84. The van der Waals surface area contributed by atoms with Gasteiger partial charge in [0.2, 0.25) is 5.91 Å². The van der Waals surface area contributed by atoms with Gasteiger partial charge in [0, 0.05) is 31.0 Å². The van der Waals surface area contributed by atoms with E-state index in [2.05, 4.69) is 25.4 Å². The molecule has 4 aromatic heterocycles. The molecule has 0 saturated heterocycles. The van der Waals surface area contributed by atoms with Crippen molar-refractivity contribution in [3.63, 3.8) is 0 Å². The van der Waals surface area contributed by atoms with Gasteiger partial charge in [-0.2, -0.15) is 5.10 Å². The Balaban J connectivity index is 1.50. The fraction of sp³-hybridized carbons (Fsp3) is 0.381. The third-order valence-corrected chi connectivity index (χ3v) is 5.98. The highest BCUT2D eigenvalue weighted by molar-refractivity contribution is 5.89. The van der Waals surface area contributed by atoms with Crippen LogP contribution < -0.4 is 11.1 Å². The zero-order valence-electron chi connectivity index (χ0n) is 16.8. The summed E-state index contributed by atoms with van der Waals surface area (Å²) in [5.74, 6) is 2.15. The summed E-state index contributed by atoms with van der Waals surface area (Å²) in [7, 11) is 0. The van der Waals surface area contributed by atoms with Gasteiger partial charge in [0.15, 0.2) is 5.82 Å². The van der Waals surface area contributed by atoms with Gasteiger partial charge in [0.1, 0.15) is 29.0 Å². The Morgan fingerprint density at radius 2 is 2.13 bits per heavy atom. The monoisotopic (exact) mass is 404 g/mol. The molecule has 5 rings (SSSR count). The molecule has 0 atom stereocenters. The average Bonchev–Trinajstić information content (AvgIpc) is 3.35. The normalized spacial score (nSPS) is 19.4. The second-order valence-electron chi connectivity index (χ2n) is 8.00. The van der Waals surface area contributed by atoms with E-state index in [1.165, 1.54) is 6.33 Å². The maximum Gasteiger partial charge on any atom is 0.216 e. The minimum atomic E-state index is 0.0287. The van der Waals surface area contributed by atoms with Gasteiger partial charge in [0.25, 0.3) is 0 Å². The van der Waals surface area contributed by atoms with Crippen LogP contribution in [0.25, 0.3) is 27.9 Å². The third-order valence-electron chi connectivity index (χ3n) is 5.98. The number of fused-ring (bicyclic) bond motifs is 2. The Morgan fingerprint density at radius 1 is 1.30 bits per heavy atom. The first kappa shape index (κ1) is 18.5. The van der Waals surface area contributed by atoms with E-state index in [1.807, 2.05) is 22.7 Å². The van der Waals surface area contributed by atoms with Gasteiger partial charge in [-0.1, -0.05) is 0 Å². The number of anilines is 1. The third kappa shape index (κ3) is 3.26. The Bertz CT molecular complexity index is 1190. The van der Waals surface area contributed by atoms with Crippen molar-refractivity contribution in [3.8, 4) is 11.4 Å². The number of hydrogen-bond acceptors (Lipinski definition) is 6. The molecule has 0 unspecified atom stereocenters. The standard InChI is InChI=1S/C21H24N8O/c1-12(30)24-10-13-4-6-14(7-5-13)21-28-17(18-19(22)25-11-26-29(18)21)16-9-15-3-2-8-23-20(15)27-16/h2-3,8-9,11,13-14H,4-7,10H2,1H3,(H,23,27)(H,24,30)(H2,22,25,26). The van der Waals surface area contributed by atoms with Gasteiger partial charge in [-0.25, -0.2) is 19.5 Å². The summed E-state index contributed by atoms with van der Waals surface area (Å²) in [6, 6.07) is 5.95. The molecular formula is C21H24N8O. The number of nitrogens with zero attached hydrogens (tertiary/aromatic N) is 5. The Labute approximate surface area is 173 Å². The zero-order chi connectivity index (χ0) is 20.7. The van der Waals surface area contributed by atoms with Crippen LogP contribution in [-0.2, 0) is 4.79 Å². The van der Waals surface area contributed by atoms with Crippen molar-refractivity contribution in [2.45, 2.75) is 38.5 Å². The number of aromatic nitrogens is 6. The van der Waals surface area contributed by atoms with Gasteiger partial charge in [0.05, 0.1) is 5.69 Å². The maximum atomic E-state index is 11.2. The number of nitrogen functional groups attached to an aromatic ring is 1. The van der Waals surface area contributed by atoms with E-state index in [0.717, 1.165) is 66.0 Å². The second kappa shape index (κ2) is 7.40. The highest BCUT2D eigenvalue weighted by Crippen LogP contribution is 2.38. The molecular weight excluding hydrogens is 380 g/mol. The molecule has 1 fully saturated rings. The molecule has 4 aromatic rings. The van der Waals surface area contributed by atoms with E-state index >= 15 is 0 Å². The molecule has 0 bridgehead atoms. The second-order valence-corrected chi connectivity index (χ2v) is 8.00. The first-order valence-electron chi connectivity index (χ1n) is 10.3. The van der Waals surface area contributed by atoms with Crippen LogP contribution in [0.2, 0.25) is 0 Å². The average molecular weight is 404 g/mol. The molecule has 1 amide bonds. The van der Waals surface area contributed by atoms with Crippen molar-refractivity contribution in [2.75, 3.05) is 12.3 Å². The lowest BCUT2D eigenvalue weighted by Crippen LogP contribution is -2.29. The van der Waals surface area contributed by atoms with E-state index in [-0.39, 0.29) is 11.8 Å². The number of carbonyl (C=O) groups excluding carboxylic acids is 1. The van der Waals surface area contributed by atoms with Crippen LogP contribution in [-0.4, -0.2) is 42.0 Å². The molecule has 9 heteroatoms. The number of imidazole rings is 1. The molecule has 4 heterocycles. The molecule has 9 nitrogen and oxygen atoms in total. The molecule has 0 radical (unpaired) electrons. The van der Waals surface area contributed by atoms with E-state index in [0.29, 0.717) is 11.7 Å². The van der Waals surface area contributed by atoms with E-state index in [1.54, 1.807) is 13.1 Å². The van der Waals surface area contributed by atoms with Crippen LogP contribution in [0.5, 0.6) is 0 Å². The number of aromatic amines is 1. The van der Waals surface area contributed by atoms with E-state index in [9.17, 15) is 4.79 Å². The number of nitrogens with one attached hydrogen (secondary N) is 2. The summed E-state index contributed by atoms with van der Waals surface area (Å²) in [6.45, 7) is 2.31. The molecule has 1 saturated carbocycles. The quantitative estimate of drug-likeness (QED) is 0.480. The first-order valence-corrected chi connectivity index (χ1v) is 10.3. The molecule has 154 valence electrons. The zero-order valence-corrected chi connectivity index (χ0v) is 16.8. The largest absolute Gasteiger partial charge is 0.382 e. The fourth-order valence-corrected chi connectivity index (χ4v) is 4.43.